The van der Waals surface area contributed by atoms with Gasteiger partial charge < -0.3 is 5.11 Å². The van der Waals surface area contributed by atoms with E-state index in [1.807, 2.05) is 0 Å². The molecule has 1 aromatic heterocycles. The van der Waals surface area contributed by atoms with Gasteiger partial charge >= 0.3 is 5.97 Å². The van der Waals surface area contributed by atoms with Crippen LogP contribution in [-0.4, -0.2) is 15.6 Å². The van der Waals surface area contributed by atoms with Gasteiger partial charge in [0.05, 0.1) is 15.7 Å². The molecule has 0 amide bonds. The molecule has 0 saturated heterocycles. The van der Waals surface area contributed by atoms with Crippen molar-refractivity contribution in [3.63, 3.8) is 0 Å². The first kappa shape index (κ1) is 20.9. The van der Waals surface area contributed by atoms with Crippen molar-refractivity contribution in [1.82, 2.24) is 4.57 Å². The van der Waals surface area contributed by atoms with Gasteiger partial charge in [-0.3, -0.25) is 9.36 Å². The zero-order valence-corrected chi connectivity index (χ0v) is 17.9. The van der Waals surface area contributed by atoms with Gasteiger partial charge in [0.25, 0.3) is 5.56 Å². The summed E-state index contributed by atoms with van der Waals surface area (Å²) in [6.45, 7) is 1.69. The molecule has 0 bridgehead atoms. The summed E-state index contributed by atoms with van der Waals surface area (Å²) in [5, 5.41) is 10.7. The van der Waals surface area contributed by atoms with E-state index < -0.39 is 22.9 Å². The van der Waals surface area contributed by atoms with Crippen LogP contribution in [0, 0.1) is 12.7 Å². The molecule has 1 saturated carbocycles. The molecule has 1 aliphatic rings. The van der Waals surface area contributed by atoms with E-state index in [9.17, 15) is 19.1 Å². The topological polar surface area (TPSA) is 59.3 Å². The Bertz CT molecular complexity index is 1270. The third-order valence-corrected chi connectivity index (χ3v) is 6.19. The van der Waals surface area contributed by atoms with E-state index in [-0.39, 0.29) is 21.7 Å². The lowest BCUT2D eigenvalue weighted by Crippen LogP contribution is -2.30. The van der Waals surface area contributed by atoms with E-state index in [0.717, 1.165) is 23.5 Å². The van der Waals surface area contributed by atoms with Crippen molar-refractivity contribution in [3.8, 4) is 16.8 Å². The summed E-state index contributed by atoms with van der Waals surface area (Å²) in [6.07, 6.45) is 1.69. The highest BCUT2D eigenvalue weighted by Crippen LogP contribution is 2.47. The molecule has 1 N–H and O–H groups in total. The van der Waals surface area contributed by atoms with Crippen LogP contribution in [0.4, 0.5) is 4.39 Å². The molecule has 0 unspecified atom stereocenters. The van der Waals surface area contributed by atoms with Gasteiger partial charge in [-0.25, -0.2) is 9.18 Å². The number of benzene rings is 2. The second kappa shape index (κ2) is 7.73. The van der Waals surface area contributed by atoms with Crippen molar-refractivity contribution >= 4 is 40.8 Å². The second-order valence-electron chi connectivity index (χ2n) is 7.19. The predicted octanol–water partition coefficient (Wildman–Crippen LogP) is 6.49. The molecule has 2 aromatic carbocycles. The monoisotopic (exact) mass is 465 g/mol. The lowest BCUT2D eigenvalue weighted by atomic mass is 9.91. The Kier molecular flexibility index (Phi) is 5.39. The first-order valence-corrected chi connectivity index (χ1v) is 10.3. The molecular formula is C22H15Cl3FNO3. The Hall–Kier alpha value is -2.34. The van der Waals surface area contributed by atoms with E-state index >= 15 is 0 Å². The first-order valence-electron chi connectivity index (χ1n) is 9.14. The minimum Gasteiger partial charge on any atom is -0.477 e. The highest BCUT2D eigenvalue weighted by Gasteiger charge is 2.35. The van der Waals surface area contributed by atoms with E-state index in [0.29, 0.717) is 27.4 Å². The van der Waals surface area contributed by atoms with Gasteiger partial charge in [0.1, 0.15) is 11.4 Å². The van der Waals surface area contributed by atoms with Crippen LogP contribution in [0.1, 0.15) is 40.4 Å². The third-order valence-electron chi connectivity index (χ3n) is 5.22. The fourth-order valence-corrected chi connectivity index (χ4v) is 4.24. The summed E-state index contributed by atoms with van der Waals surface area (Å²) in [6, 6.07) is 8.65. The summed E-state index contributed by atoms with van der Waals surface area (Å²) in [4.78, 5) is 25.5. The van der Waals surface area contributed by atoms with E-state index in [4.69, 9.17) is 34.8 Å². The van der Waals surface area contributed by atoms with Gasteiger partial charge in [0, 0.05) is 16.3 Å². The molecule has 0 atom stereocenters. The number of aromatic carboxylic acids is 1. The van der Waals surface area contributed by atoms with Gasteiger partial charge in [-0.05, 0) is 67.1 Å². The number of rotatable bonds is 4. The van der Waals surface area contributed by atoms with E-state index in [1.54, 1.807) is 25.1 Å². The molecule has 0 radical (unpaired) electrons. The van der Waals surface area contributed by atoms with Gasteiger partial charge in [-0.15, -0.1) is 0 Å². The van der Waals surface area contributed by atoms with Crippen molar-refractivity contribution in [2.75, 3.05) is 0 Å². The number of pyridine rings is 1. The molecule has 8 heteroatoms. The average Bonchev–Trinajstić information content (AvgIpc) is 3.49. The van der Waals surface area contributed by atoms with Gasteiger partial charge in [-0.1, -0.05) is 40.9 Å². The molecule has 4 rings (SSSR count). The van der Waals surface area contributed by atoms with Crippen molar-refractivity contribution in [2.45, 2.75) is 25.7 Å². The minimum atomic E-state index is -1.40. The number of carboxylic acid groups (broad SMARTS) is 1. The van der Waals surface area contributed by atoms with Crippen molar-refractivity contribution < 1.29 is 14.3 Å². The summed E-state index contributed by atoms with van der Waals surface area (Å²) in [7, 11) is 0. The van der Waals surface area contributed by atoms with Crippen LogP contribution < -0.4 is 5.56 Å². The number of aromatic nitrogens is 1. The molecular weight excluding hydrogens is 452 g/mol. The van der Waals surface area contributed by atoms with Crippen LogP contribution in [0.3, 0.4) is 0 Å². The van der Waals surface area contributed by atoms with E-state index in [2.05, 4.69) is 0 Å². The van der Waals surface area contributed by atoms with Crippen molar-refractivity contribution in [2.24, 2.45) is 0 Å². The largest absolute Gasteiger partial charge is 0.477 e. The molecule has 4 nitrogen and oxygen atoms in total. The summed E-state index contributed by atoms with van der Waals surface area (Å²) < 4.78 is 15.8. The number of hydrogen-bond donors (Lipinski definition) is 1. The highest BCUT2D eigenvalue weighted by molar-refractivity contribution is 6.42. The first-order chi connectivity index (χ1) is 14.2. The van der Waals surface area contributed by atoms with Crippen LogP contribution in [-0.2, 0) is 0 Å². The molecule has 3 aromatic rings. The molecule has 0 aliphatic heterocycles. The molecule has 154 valence electrons. The minimum absolute atomic E-state index is 0.0491. The van der Waals surface area contributed by atoms with Crippen LogP contribution >= 0.6 is 34.8 Å². The second-order valence-corrected chi connectivity index (χ2v) is 8.44. The zero-order chi connectivity index (χ0) is 21.7. The normalized spacial score (nSPS) is 13.5. The van der Waals surface area contributed by atoms with Crippen molar-refractivity contribution in [3.05, 3.63) is 84.5 Å². The van der Waals surface area contributed by atoms with Crippen LogP contribution in [0.5, 0.6) is 0 Å². The maximum atomic E-state index is 14.7. The zero-order valence-electron chi connectivity index (χ0n) is 15.7. The SMILES string of the molecule is Cc1c(C2CC2)c(-c2ccc(Cl)c(Cl)c2)c(C(=O)O)c(=O)n1-c1ccc(Cl)cc1F. The van der Waals surface area contributed by atoms with E-state index in [1.165, 1.54) is 12.1 Å². The predicted molar refractivity (Wildman–Crippen MR) is 116 cm³/mol. The van der Waals surface area contributed by atoms with Gasteiger partial charge in [-0.2, -0.15) is 0 Å². The fraction of sp³-hybridized carbons (Fsp3) is 0.182. The lowest BCUT2D eigenvalue weighted by Gasteiger charge is -2.21. The Morgan fingerprint density at radius 3 is 2.37 bits per heavy atom. The Balaban J connectivity index is 2.13. The van der Waals surface area contributed by atoms with Crippen LogP contribution in [0.25, 0.3) is 16.8 Å². The molecule has 1 fully saturated rings. The van der Waals surface area contributed by atoms with Crippen molar-refractivity contribution in [1.29, 1.82) is 0 Å². The molecule has 1 heterocycles. The van der Waals surface area contributed by atoms with Gasteiger partial charge in [0.2, 0.25) is 0 Å². The number of nitrogens with zero attached hydrogens (tertiary/aromatic N) is 1. The number of carboxylic acids is 1. The third kappa shape index (κ3) is 3.51. The fourth-order valence-electron chi connectivity index (χ4n) is 3.78. The Labute approximate surface area is 186 Å². The summed E-state index contributed by atoms with van der Waals surface area (Å²) in [5.74, 6) is -2.05. The number of carbonyl (C=O) groups is 1. The molecule has 1 aliphatic carbocycles. The summed E-state index contributed by atoms with van der Waals surface area (Å²) >= 11 is 18.0. The van der Waals surface area contributed by atoms with Crippen LogP contribution in [0.15, 0.2) is 41.2 Å². The Morgan fingerprint density at radius 1 is 1.10 bits per heavy atom. The quantitative estimate of drug-likeness (QED) is 0.478. The Morgan fingerprint density at radius 2 is 1.80 bits per heavy atom. The maximum Gasteiger partial charge on any atom is 0.342 e. The molecule has 0 spiro atoms. The summed E-state index contributed by atoms with van der Waals surface area (Å²) in [5.41, 5.74) is 0.646. The maximum absolute atomic E-state index is 14.7. The van der Waals surface area contributed by atoms with Gasteiger partial charge in [0.15, 0.2) is 0 Å². The lowest BCUT2D eigenvalue weighted by molar-refractivity contribution is 0.0695. The smallest absolute Gasteiger partial charge is 0.342 e. The standard InChI is InChI=1S/C22H15Cl3FNO3/c1-10-18(11-2-3-11)19(12-4-6-14(24)15(25)8-12)20(22(29)30)21(28)27(10)17-7-5-13(23)9-16(17)26/h4-9,11H,2-3H2,1H3,(H,29,30). The number of hydrogen-bond acceptors (Lipinski definition) is 2. The number of halogens is 4. The van der Waals surface area contributed by atoms with Crippen LogP contribution in [0.2, 0.25) is 15.1 Å². The highest BCUT2D eigenvalue weighted by atomic mass is 35.5. The average molecular weight is 467 g/mol. The molecule has 30 heavy (non-hydrogen) atoms.